The monoisotopic (exact) mass is 430 g/mol. The molecule has 1 N–H and O–H groups in total. The van der Waals surface area contributed by atoms with Crippen LogP contribution in [-0.4, -0.2) is 53.1 Å². The summed E-state index contributed by atoms with van der Waals surface area (Å²) in [6.07, 6.45) is 0. The first-order valence-electron chi connectivity index (χ1n) is 8.55. The predicted octanol–water partition coefficient (Wildman–Crippen LogP) is 4.36. The Morgan fingerprint density at radius 3 is 2.37 bits per heavy atom. The quantitative estimate of drug-likeness (QED) is 0.764. The van der Waals surface area contributed by atoms with Crippen LogP contribution in [0.2, 0.25) is 5.02 Å². The highest BCUT2D eigenvalue weighted by atomic mass is 35.5. The van der Waals surface area contributed by atoms with Crippen molar-refractivity contribution < 1.29 is 9.90 Å². The number of aliphatic carboxylic acids is 1. The molecule has 4 nitrogen and oxygen atoms in total. The molecule has 0 amide bonds. The molecule has 27 heavy (non-hydrogen) atoms. The Balaban J connectivity index is 0.00000182. The van der Waals surface area contributed by atoms with Crippen molar-refractivity contribution >= 4 is 42.4 Å². The number of piperazine rings is 1. The third kappa shape index (κ3) is 6.09. The second kappa shape index (κ2) is 10.9. The van der Waals surface area contributed by atoms with Crippen LogP contribution in [0.5, 0.6) is 0 Å². The van der Waals surface area contributed by atoms with Gasteiger partial charge in [0.05, 0.1) is 12.6 Å². The number of hydrogen-bond donors (Lipinski definition) is 1. The van der Waals surface area contributed by atoms with Crippen LogP contribution in [-0.2, 0) is 4.79 Å². The van der Waals surface area contributed by atoms with E-state index in [1.165, 1.54) is 5.56 Å². The topological polar surface area (TPSA) is 43.8 Å². The molecular formula is C20H25Cl3N2O2. The van der Waals surface area contributed by atoms with Gasteiger partial charge in [-0.3, -0.25) is 14.6 Å². The van der Waals surface area contributed by atoms with E-state index in [0.717, 1.165) is 30.2 Å². The van der Waals surface area contributed by atoms with E-state index in [0.29, 0.717) is 0 Å². The van der Waals surface area contributed by atoms with Crippen molar-refractivity contribution in [3.63, 3.8) is 0 Å². The number of carbonyl (C=O) groups is 1. The maximum Gasteiger partial charge on any atom is 0.317 e. The first-order chi connectivity index (χ1) is 12.0. The molecule has 0 radical (unpaired) electrons. The summed E-state index contributed by atoms with van der Waals surface area (Å²) < 4.78 is 0. The molecule has 3 rings (SSSR count). The van der Waals surface area contributed by atoms with Gasteiger partial charge in [-0.1, -0.05) is 54.1 Å². The molecule has 2 aromatic rings. The molecule has 1 saturated heterocycles. The molecule has 1 aliphatic heterocycles. The van der Waals surface area contributed by atoms with Crippen LogP contribution in [0, 0.1) is 0 Å². The molecule has 0 bridgehead atoms. The molecule has 0 aliphatic carbocycles. The highest BCUT2D eigenvalue weighted by molar-refractivity contribution is 6.30. The molecule has 2 unspecified atom stereocenters. The van der Waals surface area contributed by atoms with E-state index in [-0.39, 0.29) is 43.4 Å². The molecule has 7 heteroatoms. The van der Waals surface area contributed by atoms with E-state index in [1.807, 2.05) is 29.2 Å². The van der Waals surface area contributed by atoms with Gasteiger partial charge in [0.25, 0.3) is 0 Å². The van der Waals surface area contributed by atoms with Crippen LogP contribution in [0.15, 0.2) is 54.6 Å². The molecule has 1 fully saturated rings. The number of nitrogens with zero attached hydrogens (tertiary/aromatic N) is 2. The molecule has 1 aliphatic rings. The Kier molecular flexibility index (Phi) is 9.57. The van der Waals surface area contributed by atoms with E-state index in [4.69, 9.17) is 16.7 Å². The Morgan fingerprint density at radius 1 is 1.11 bits per heavy atom. The zero-order valence-corrected chi connectivity index (χ0v) is 17.5. The lowest BCUT2D eigenvalue weighted by Crippen LogP contribution is -2.54. The van der Waals surface area contributed by atoms with Crippen molar-refractivity contribution in [2.24, 2.45) is 0 Å². The lowest BCUT2D eigenvalue weighted by Gasteiger charge is -2.43. The van der Waals surface area contributed by atoms with Crippen molar-refractivity contribution in [2.75, 3.05) is 26.2 Å². The van der Waals surface area contributed by atoms with Crippen molar-refractivity contribution in [1.29, 1.82) is 0 Å². The Hall–Kier alpha value is -1.30. The van der Waals surface area contributed by atoms with Gasteiger partial charge < -0.3 is 5.11 Å². The third-order valence-electron chi connectivity index (χ3n) is 4.78. The fourth-order valence-corrected chi connectivity index (χ4v) is 3.79. The largest absolute Gasteiger partial charge is 0.480 e. The number of carboxylic acids is 1. The zero-order chi connectivity index (χ0) is 17.8. The number of hydrogen-bond acceptors (Lipinski definition) is 3. The summed E-state index contributed by atoms with van der Waals surface area (Å²) >= 11 is 6.23. The second-order valence-corrected chi connectivity index (χ2v) is 7.01. The van der Waals surface area contributed by atoms with E-state index < -0.39 is 5.97 Å². The molecule has 1 heterocycles. The maximum atomic E-state index is 11.0. The van der Waals surface area contributed by atoms with Crippen LogP contribution >= 0.6 is 36.4 Å². The van der Waals surface area contributed by atoms with Gasteiger partial charge in [0.2, 0.25) is 0 Å². The van der Waals surface area contributed by atoms with E-state index in [2.05, 4.69) is 42.2 Å². The average molecular weight is 432 g/mol. The molecular weight excluding hydrogens is 407 g/mol. The first kappa shape index (κ1) is 23.7. The SMILES string of the molecule is CC1CN(C(c2ccccc2)c2cccc(Cl)c2)CCN1CC(=O)O.Cl.Cl. The highest BCUT2D eigenvalue weighted by Crippen LogP contribution is 2.31. The van der Waals surface area contributed by atoms with Crippen LogP contribution in [0.25, 0.3) is 0 Å². The standard InChI is InChI=1S/C20H23ClN2O2.2ClH/c1-15-13-23(11-10-22(15)14-19(24)25)20(16-6-3-2-4-7-16)17-8-5-9-18(21)12-17;;/h2-9,12,15,20H,10-11,13-14H2,1H3,(H,24,25);2*1H. The summed E-state index contributed by atoms with van der Waals surface area (Å²) in [4.78, 5) is 15.5. The van der Waals surface area contributed by atoms with Crippen molar-refractivity contribution in [3.05, 3.63) is 70.7 Å². The normalized spacial score (nSPS) is 18.8. The number of benzene rings is 2. The summed E-state index contributed by atoms with van der Waals surface area (Å²) in [5.74, 6) is -0.769. The Morgan fingerprint density at radius 2 is 1.78 bits per heavy atom. The smallest absolute Gasteiger partial charge is 0.317 e. The van der Waals surface area contributed by atoms with Gasteiger partial charge in [-0.05, 0) is 30.2 Å². The summed E-state index contributed by atoms with van der Waals surface area (Å²) in [5, 5.41) is 9.81. The minimum atomic E-state index is -0.769. The van der Waals surface area contributed by atoms with Gasteiger partial charge in [0.1, 0.15) is 0 Å². The molecule has 0 aromatic heterocycles. The van der Waals surface area contributed by atoms with Crippen LogP contribution in [0.4, 0.5) is 0 Å². The number of halogens is 3. The molecule has 148 valence electrons. The van der Waals surface area contributed by atoms with Gasteiger partial charge in [0.15, 0.2) is 0 Å². The van der Waals surface area contributed by atoms with Gasteiger partial charge in [-0.15, -0.1) is 24.8 Å². The Labute approximate surface area is 177 Å². The van der Waals surface area contributed by atoms with Crippen LogP contribution in [0.1, 0.15) is 24.1 Å². The summed E-state index contributed by atoms with van der Waals surface area (Å²) in [7, 11) is 0. The summed E-state index contributed by atoms with van der Waals surface area (Å²) in [6.45, 7) is 4.58. The molecule has 0 spiro atoms. The lowest BCUT2D eigenvalue weighted by atomic mass is 9.95. The molecule has 0 saturated carbocycles. The zero-order valence-electron chi connectivity index (χ0n) is 15.1. The summed E-state index contributed by atoms with van der Waals surface area (Å²) in [6, 6.07) is 18.7. The van der Waals surface area contributed by atoms with E-state index >= 15 is 0 Å². The minimum Gasteiger partial charge on any atom is -0.480 e. The van der Waals surface area contributed by atoms with Gasteiger partial charge in [-0.2, -0.15) is 0 Å². The molecule has 2 aromatic carbocycles. The first-order valence-corrected chi connectivity index (χ1v) is 8.92. The predicted molar refractivity (Wildman–Crippen MR) is 114 cm³/mol. The third-order valence-corrected chi connectivity index (χ3v) is 5.01. The Bertz CT molecular complexity index is 730. The van der Waals surface area contributed by atoms with Crippen LogP contribution in [0.3, 0.4) is 0 Å². The van der Waals surface area contributed by atoms with Crippen molar-refractivity contribution in [3.8, 4) is 0 Å². The average Bonchev–Trinajstić information content (AvgIpc) is 2.58. The number of carboxylic acid groups (broad SMARTS) is 1. The molecule has 2 atom stereocenters. The minimum absolute atomic E-state index is 0. The highest BCUT2D eigenvalue weighted by Gasteiger charge is 2.30. The van der Waals surface area contributed by atoms with Crippen LogP contribution < -0.4 is 0 Å². The van der Waals surface area contributed by atoms with Gasteiger partial charge >= 0.3 is 5.97 Å². The second-order valence-electron chi connectivity index (χ2n) is 6.58. The number of rotatable bonds is 5. The fraction of sp³-hybridized carbons (Fsp3) is 0.350. The maximum absolute atomic E-state index is 11.0. The van der Waals surface area contributed by atoms with Crippen molar-refractivity contribution in [1.82, 2.24) is 9.80 Å². The van der Waals surface area contributed by atoms with E-state index in [9.17, 15) is 4.79 Å². The van der Waals surface area contributed by atoms with Gasteiger partial charge in [-0.25, -0.2) is 0 Å². The van der Waals surface area contributed by atoms with E-state index in [1.54, 1.807) is 0 Å². The summed E-state index contributed by atoms with van der Waals surface area (Å²) in [5.41, 5.74) is 2.39. The van der Waals surface area contributed by atoms with Gasteiger partial charge in [0, 0.05) is 30.7 Å². The van der Waals surface area contributed by atoms with Crippen molar-refractivity contribution in [2.45, 2.75) is 19.0 Å². The lowest BCUT2D eigenvalue weighted by molar-refractivity contribution is -0.139. The fourth-order valence-electron chi connectivity index (χ4n) is 3.59.